The van der Waals surface area contributed by atoms with Crippen LogP contribution in [0.5, 0.6) is 0 Å². The lowest BCUT2D eigenvalue weighted by atomic mass is 10.1. The van der Waals surface area contributed by atoms with Gasteiger partial charge in [-0.3, -0.25) is 4.79 Å². The summed E-state index contributed by atoms with van der Waals surface area (Å²) in [5, 5.41) is 0. The van der Waals surface area contributed by atoms with Gasteiger partial charge in [-0.25, -0.2) is 0 Å². The number of ether oxygens (including phenoxy) is 1. The Balaban J connectivity index is 3.78. The molecule has 0 saturated heterocycles. The SMILES string of the molecule is C=C(C)C=C(C)CCC(=O)OC. The first-order valence-electron chi connectivity index (χ1n) is 3.95. The van der Waals surface area contributed by atoms with Gasteiger partial charge in [0.15, 0.2) is 0 Å². The van der Waals surface area contributed by atoms with E-state index in [0.717, 1.165) is 17.6 Å². The number of hydrogen-bond donors (Lipinski definition) is 0. The van der Waals surface area contributed by atoms with Crippen molar-refractivity contribution in [3.8, 4) is 0 Å². The molecule has 0 aliphatic rings. The molecule has 68 valence electrons. The number of esters is 1. The predicted molar refractivity (Wildman–Crippen MR) is 49.8 cm³/mol. The third-order valence-electron chi connectivity index (χ3n) is 1.44. The van der Waals surface area contributed by atoms with Gasteiger partial charge in [0, 0.05) is 6.42 Å². The molecule has 0 spiro atoms. The van der Waals surface area contributed by atoms with Gasteiger partial charge in [-0.1, -0.05) is 23.8 Å². The van der Waals surface area contributed by atoms with Crippen LogP contribution in [0, 0.1) is 0 Å². The van der Waals surface area contributed by atoms with Gasteiger partial charge >= 0.3 is 5.97 Å². The maximum absolute atomic E-state index is 10.7. The van der Waals surface area contributed by atoms with Crippen LogP contribution in [0.15, 0.2) is 23.8 Å². The van der Waals surface area contributed by atoms with Crippen molar-refractivity contribution in [3.63, 3.8) is 0 Å². The molecule has 0 aromatic carbocycles. The van der Waals surface area contributed by atoms with E-state index in [1.165, 1.54) is 7.11 Å². The Bertz CT molecular complexity index is 202. The maximum Gasteiger partial charge on any atom is 0.305 e. The van der Waals surface area contributed by atoms with E-state index < -0.39 is 0 Å². The second-order valence-corrected chi connectivity index (χ2v) is 2.91. The lowest BCUT2D eigenvalue weighted by Crippen LogP contribution is -1.99. The molecule has 0 amide bonds. The molecular weight excluding hydrogens is 152 g/mol. The highest BCUT2D eigenvalue weighted by Gasteiger charge is 1.99. The molecule has 0 rings (SSSR count). The molecule has 2 nitrogen and oxygen atoms in total. The molecule has 0 fully saturated rings. The van der Waals surface area contributed by atoms with Crippen LogP contribution >= 0.6 is 0 Å². The van der Waals surface area contributed by atoms with Crippen molar-refractivity contribution in [2.75, 3.05) is 7.11 Å². The van der Waals surface area contributed by atoms with E-state index in [4.69, 9.17) is 0 Å². The summed E-state index contributed by atoms with van der Waals surface area (Å²) >= 11 is 0. The van der Waals surface area contributed by atoms with Crippen molar-refractivity contribution < 1.29 is 9.53 Å². The number of hydrogen-bond acceptors (Lipinski definition) is 2. The van der Waals surface area contributed by atoms with Crippen LogP contribution in [0.2, 0.25) is 0 Å². The van der Waals surface area contributed by atoms with E-state index >= 15 is 0 Å². The Hall–Kier alpha value is -1.05. The summed E-state index contributed by atoms with van der Waals surface area (Å²) in [7, 11) is 1.40. The van der Waals surface area contributed by atoms with Crippen LogP contribution in [0.3, 0.4) is 0 Å². The smallest absolute Gasteiger partial charge is 0.305 e. The highest BCUT2D eigenvalue weighted by Crippen LogP contribution is 2.07. The molecule has 0 N–H and O–H groups in total. The van der Waals surface area contributed by atoms with Crippen molar-refractivity contribution in [2.24, 2.45) is 0 Å². The van der Waals surface area contributed by atoms with Gasteiger partial charge in [0.25, 0.3) is 0 Å². The molecule has 0 radical (unpaired) electrons. The zero-order valence-electron chi connectivity index (χ0n) is 8.02. The van der Waals surface area contributed by atoms with Crippen LogP contribution in [0.4, 0.5) is 0 Å². The fourth-order valence-electron chi connectivity index (χ4n) is 0.894. The van der Waals surface area contributed by atoms with Gasteiger partial charge < -0.3 is 4.74 Å². The van der Waals surface area contributed by atoms with Crippen LogP contribution in [-0.4, -0.2) is 13.1 Å². The van der Waals surface area contributed by atoms with E-state index in [1.807, 2.05) is 19.9 Å². The largest absolute Gasteiger partial charge is 0.469 e. The minimum atomic E-state index is -0.163. The lowest BCUT2D eigenvalue weighted by molar-refractivity contribution is -0.140. The molecule has 0 aliphatic carbocycles. The van der Waals surface area contributed by atoms with Crippen LogP contribution in [0.25, 0.3) is 0 Å². The van der Waals surface area contributed by atoms with Crippen molar-refractivity contribution in [2.45, 2.75) is 26.7 Å². The molecule has 2 heteroatoms. The number of methoxy groups -OCH3 is 1. The van der Waals surface area contributed by atoms with Gasteiger partial charge in [0.2, 0.25) is 0 Å². The summed E-state index contributed by atoms with van der Waals surface area (Å²) in [4.78, 5) is 10.7. The van der Waals surface area contributed by atoms with E-state index in [0.29, 0.717) is 6.42 Å². The normalized spacial score (nSPS) is 11.1. The lowest BCUT2D eigenvalue weighted by Gasteiger charge is -1.99. The second-order valence-electron chi connectivity index (χ2n) is 2.91. The minimum Gasteiger partial charge on any atom is -0.469 e. The predicted octanol–water partition coefficient (Wildman–Crippen LogP) is 2.46. The molecular formula is C10H16O2. The third-order valence-corrected chi connectivity index (χ3v) is 1.44. The fourth-order valence-corrected chi connectivity index (χ4v) is 0.894. The van der Waals surface area contributed by atoms with E-state index in [9.17, 15) is 4.79 Å². The second kappa shape index (κ2) is 5.58. The first-order chi connectivity index (χ1) is 5.56. The summed E-state index contributed by atoms with van der Waals surface area (Å²) in [6.45, 7) is 7.67. The molecule has 0 aromatic heterocycles. The fraction of sp³-hybridized carbons (Fsp3) is 0.500. The summed E-state index contributed by atoms with van der Waals surface area (Å²) in [6, 6.07) is 0. The highest BCUT2D eigenvalue weighted by atomic mass is 16.5. The average molecular weight is 168 g/mol. The molecule has 0 heterocycles. The first kappa shape index (κ1) is 11.0. The zero-order chi connectivity index (χ0) is 9.56. The Morgan fingerprint density at radius 2 is 2.00 bits per heavy atom. The molecule has 0 aliphatic heterocycles. The summed E-state index contributed by atoms with van der Waals surface area (Å²) in [5.41, 5.74) is 2.17. The number of carbonyl (C=O) groups is 1. The molecule has 0 unspecified atom stereocenters. The standard InChI is InChI=1S/C10H16O2/c1-8(2)7-9(3)5-6-10(11)12-4/h7H,1,5-6H2,2-4H3. The van der Waals surface area contributed by atoms with Gasteiger partial charge in [-0.15, -0.1) is 0 Å². The van der Waals surface area contributed by atoms with Crippen LogP contribution in [0.1, 0.15) is 26.7 Å². The summed E-state index contributed by atoms with van der Waals surface area (Å²) < 4.78 is 4.52. The number of allylic oxidation sites excluding steroid dienone is 3. The van der Waals surface area contributed by atoms with Crippen LogP contribution in [-0.2, 0) is 9.53 Å². The number of carbonyl (C=O) groups excluding carboxylic acids is 1. The Kier molecular flexibility index (Phi) is 5.09. The molecule has 0 saturated carbocycles. The highest BCUT2D eigenvalue weighted by molar-refractivity contribution is 5.69. The molecule has 0 atom stereocenters. The third kappa shape index (κ3) is 5.71. The van der Waals surface area contributed by atoms with E-state index in [-0.39, 0.29) is 5.97 Å². The Labute approximate surface area is 73.9 Å². The van der Waals surface area contributed by atoms with Crippen molar-refractivity contribution in [3.05, 3.63) is 23.8 Å². The Morgan fingerprint density at radius 3 is 2.42 bits per heavy atom. The quantitative estimate of drug-likeness (QED) is 0.476. The minimum absolute atomic E-state index is 0.163. The topological polar surface area (TPSA) is 26.3 Å². The van der Waals surface area contributed by atoms with Crippen molar-refractivity contribution in [1.29, 1.82) is 0 Å². The molecule has 0 aromatic rings. The first-order valence-corrected chi connectivity index (χ1v) is 3.95. The monoisotopic (exact) mass is 168 g/mol. The van der Waals surface area contributed by atoms with E-state index in [2.05, 4.69) is 11.3 Å². The number of rotatable bonds is 4. The van der Waals surface area contributed by atoms with Gasteiger partial charge in [-0.05, 0) is 20.3 Å². The summed E-state index contributed by atoms with van der Waals surface area (Å²) in [6.07, 6.45) is 3.18. The zero-order valence-corrected chi connectivity index (χ0v) is 8.02. The average Bonchev–Trinajstić information content (AvgIpc) is 1.99. The van der Waals surface area contributed by atoms with Gasteiger partial charge in [-0.2, -0.15) is 0 Å². The Morgan fingerprint density at radius 1 is 1.42 bits per heavy atom. The van der Waals surface area contributed by atoms with Crippen molar-refractivity contribution in [1.82, 2.24) is 0 Å². The van der Waals surface area contributed by atoms with E-state index in [1.54, 1.807) is 0 Å². The van der Waals surface area contributed by atoms with Crippen LogP contribution < -0.4 is 0 Å². The molecule has 12 heavy (non-hydrogen) atoms. The maximum atomic E-state index is 10.7. The molecule has 0 bridgehead atoms. The van der Waals surface area contributed by atoms with Gasteiger partial charge in [0.05, 0.1) is 7.11 Å². The van der Waals surface area contributed by atoms with Crippen molar-refractivity contribution >= 4 is 5.97 Å². The summed E-state index contributed by atoms with van der Waals surface area (Å²) in [5.74, 6) is -0.163. The van der Waals surface area contributed by atoms with Gasteiger partial charge in [0.1, 0.15) is 0 Å².